The Balaban J connectivity index is 1.67. The van der Waals surface area contributed by atoms with Gasteiger partial charge in [-0.2, -0.15) is 0 Å². The summed E-state index contributed by atoms with van der Waals surface area (Å²) in [6.45, 7) is 0.319. The second-order valence-corrected chi connectivity index (χ2v) is 4.83. The molecule has 0 aromatic heterocycles. The number of carbonyl (C=O) groups excluding carboxylic acids is 2. The van der Waals surface area contributed by atoms with E-state index >= 15 is 0 Å². The lowest BCUT2D eigenvalue weighted by atomic mass is 10.2. The molecule has 0 aliphatic carbocycles. The summed E-state index contributed by atoms with van der Waals surface area (Å²) in [5.74, 6) is -0.206. The Kier molecular flexibility index (Phi) is 5.80. The van der Waals surface area contributed by atoms with E-state index in [2.05, 4.69) is 10.6 Å². The molecule has 0 unspecified atom stereocenters. The van der Waals surface area contributed by atoms with Crippen molar-refractivity contribution in [3.63, 3.8) is 0 Å². The molecule has 2 amide bonds. The van der Waals surface area contributed by atoms with Gasteiger partial charge < -0.3 is 10.1 Å². The molecule has 2 aromatic carbocycles. The largest absolute Gasteiger partial charge is 0.447 e. The number of hydrogen-bond donors (Lipinski definition) is 2. The van der Waals surface area contributed by atoms with E-state index in [1.54, 1.807) is 48.5 Å². The second kappa shape index (κ2) is 8.05. The van der Waals surface area contributed by atoms with Crippen LogP contribution in [-0.4, -0.2) is 25.2 Å². The van der Waals surface area contributed by atoms with Crippen LogP contribution in [0.1, 0.15) is 10.4 Å². The van der Waals surface area contributed by atoms with Crippen LogP contribution in [0, 0.1) is 0 Å². The third-order valence-electron chi connectivity index (χ3n) is 2.75. The van der Waals surface area contributed by atoms with Crippen molar-refractivity contribution in [2.24, 2.45) is 0 Å². The summed E-state index contributed by atoms with van der Waals surface area (Å²) in [7, 11) is 0. The molecule has 0 saturated heterocycles. The zero-order chi connectivity index (χ0) is 15.8. The van der Waals surface area contributed by atoms with Gasteiger partial charge in [0.15, 0.2) is 0 Å². The standard InChI is InChI=1S/C16H15ClN2O3/c17-13-6-8-14(9-7-13)19-16(21)22-11-10-18-15(20)12-4-2-1-3-5-12/h1-9H,10-11H2,(H,18,20)(H,19,21). The minimum atomic E-state index is -0.587. The van der Waals surface area contributed by atoms with Crippen LogP contribution in [0.2, 0.25) is 5.02 Å². The highest BCUT2D eigenvalue weighted by molar-refractivity contribution is 6.30. The molecule has 6 heteroatoms. The van der Waals surface area contributed by atoms with Gasteiger partial charge in [0.2, 0.25) is 0 Å². The zero-order valence-electron chi connectivity index (χ0n) is 11.7. The van der Waals surface area contributed by atoms with E-state index in [9.17, 15) is 9.59 Å². The summed E-state index contributed by atoms with van der Waals surface area (Å²) in [5, 5.41) is 5.81. The Morgan fingerprint density at radius 2 is 1.68 bits per heavy atom. The Labute approximate surface area is 133 Å². The lowest BCUT2D eigenvalue weighted by Crippen LogP contribution is -2.28. The fourth-order valence-corrected chi connectivity index (χ4v) is 1.81. The molecule has 0 bridgehead atoms. The molecule has 0 aliphatic rings. The molecule has 0 aliphatic heterocycles. The van der Waals surface area contributed by atoms with Crippen LogP contribution in [0.5, 0.6) is 0 Å². The minimum absolute atomic E-state index is 0.0813. The molecule has 0 fully saturated rings. The van der Waals surface area contributed by atoms with Crippen LogP contribution in [0.15, 0.2) is 54.6 Å². The van der Waals surface area contributed by atoms with Crippen LogP contribution >= 0.6 is 11.6 Å². The molecular formula is C16H15ClN2O3. The van der Waals surface area contributed by atoms with Crippen molar-refractivity contribution in [1.29, 1.82) is 0 Å². The lowest BCUT2D eigenvalue weighted by Gasteiger charge is -2.08. The van der Waals surface area contributed by atoms with E-state index in [0.29, 0.717) is 16.3 Å². The summed E-state index contributed by atoms with van der Waals surface area (Å²) in [4.78, 5) is 23.3. The molecule has 2 N–H and O–H groups in total. The van der Waals surface area contributed by atoms with Crippen LogP contribution in [-0.2, 0) is 4.74 Å². The summed E-state index contributed by atoms with van der Waals surface area (Å²) in [6, 6.07) is 15.5. The average Bonchev–Trinajstić information content (AvgIpc) is 2.54. The van der Waals surface area contributed by atoms with E-state index in [-0.39, 0.29) is 19.1 Å². The number of nitrogens with one attached hydrogen (secondary N) is 2. The molecule has 114 valence electrons. The molecule has 5 nitrogen and oxygen atoms in total. The van der Waals surface area contributed by atoms with E-state index in [1.807, 2.05) is 6.07 Å². The van der Waals surface area contributed by atoms with Gasteiger partial charge in [-0.15, -0.1) is 0 Å². The third kappa shape index (κ3) is 5.10. The molecule has 0 spiro atoms. The first-order chi connectivity index (χ1) is 10.6. The summed E-state index contributed by atoms with van der Waals surface area (Å²) in [5.41, 5.74) is 1.15. The van der Waals surface area contributed by atoms with Crippen LogP contribution < -0.4 is 10.6 Å². The lowest BCUT2D eigenvalue weighted by molar-refractivity contribution is 0.0938. The fourth-order valence-electron chi connectivity index (χ4n) is 1.69. The number of halogens is 1. The SMILES string of the molecule is O=C(Nc1ccc(Cl)cc1)OCCNC(=O)c1ccccc1. The summed E-state index contributed by atoms with van der Waals surface area (Å²) in [6.07, 6.45) is -0.587. The van der Waals surface area contributed by atoms with Crippen LogP contribution in [0.3, 0.4) is 0 Å². The molecule has 0 atom stereocenters. The number of amides is 2. The first-order valence-corrected chi connectivity index (χ1v) is 7.05. The Morgan fingerprint density at radius 1 is 1.00 bits per heavy atom. The number of rotatable bonds is 5. The molecule has 0 radical (unpaired) electrons. The van der Waals surface area contributed by atoms with Crippen molar-refractivity contribution in [2.45, 2.75) is 0 Å². The second-order valence-electron chi connectivity index (χ2n) is 4.39. The number of benzene rings is 2. The monoisotopic (exact) mass is 318 g/mol. The predicted octanol–water partition coefficient (Wildman–Crippen LogP) is 3.32. The molecule has 2 rings (SSSR count). The highest BCUT2D eigenvalue weighted by Crippen LogP contribution is 2.13. The normalized spacial score (nSPS) is 9.86. The minimum Gasteiger partial charge on any atom is -0.447 e. The van der Waals surface area contributed by atoms with Crippen molar-refractivity contribution in [2.75, 3.05) is 18.5 Å². The molecule has 22 heavy (non-hydrogen) atoms. The van der Waals surface area contributed by atoms with E-state index < -0.39 is 6.09 Å². The Morgan fingerprint density at radius 3 is 2.36 bits per heavy atom. The number of ether oxygens (including phenoxy) is 1. The Bertz CT molecular complexity index is 630. The van der Waals surface area contributed by atoms with Gasteiger partial charge in [0.25, 0.3) is 5.91 Å². The molecule has 0 saturated carbocycles. The summed E-state index contributed by atoms with van der Waals surface area (Å²) < 4.78 is 4.96. The quantitative estimate of drug-likeness (QED) is 0.831. The first-order valence-electron chi connectivity index (χ1n) is 6.68. The van der Waals surface area contributed by atoms with E-state index in [0.717, 1.165) is 0 Å². The van der Waals surface area contributed by atoms with Crippen molar-refractivity contribution in [3.05, 3.63) is 65.2 Å². The van der Waals surface area contributed by atoms with Crippen molar-refractivity contribution in [3.8, 4) is 0 Å². The molecule has 0 heterocycles. The van der Waals surface area contributed by atoms with Crippen molar-refractivity contribution < 1.29 is 14.3 Å². The van der Waals surface area contributed by atoms with Gasteiger partial charge in [0, 0.05) is 16.3 Å². The highest BCUT2D eigenvalue weighted by atomic mass is 35.5. The zero-order valence-corrected chi connectivity index (χ0v) is 12.5. The van der Waals surface area contributed by atoms with Crippen LogP contribution in [0.4, 0.5) is 10.5 Å². The first kappa shape index (κ1) is 15.9. The van der Waals surface area contributed by atoms with Gasteiger partial charge in [-0.3, -0.25) is 10.1 Å². The highest BCUT2D eigenvalue weighted by Gasteiger charge is 2.05. The maximum Gasteiger partial charge on any atom is 0.411 e. The van der Waals surface area contributed by atoms with E-state index in [1.165, 1.54) is 0 Å². The van der Waals surface area contributed by atoms with Gasteiger partial charge in [0.1, 0.15) is 6.61 Å². The topological polar surface area (TPSA) is 67.4 Å². The Hall–Kier alpha value is -2.53. The fraction of sp³-hybridized carbons (Fsp3) is 0.125. The summed E-state index contributed by atoms with van der Waals surface area (Å²) >= 11 is 5.75. The number of hydrogen-bond acceptors (Lipinski definition) is 3. The number of anilines is 1. The maximum atomic E-state index is 11.7. The van der Waals surface area contributed by atoms with Gasteiger partial charge in [0.05, 0.1) is 6.54 Å². The van der Waals surface area contributed by atoms with Gasteiger partial charge in [-0.05, 0) is 36.4 Å². The van der Waals surface area contributed by atoms with Gasteiger partial charge in [-0.1, -0.05) is 29.8 Å². The maximum absolute atomic E-state index is 11.7. The predicted molar refractivity (Wildman–Crippen MR) is 85.2 cm³/mol. The van der Waals surface area contributed by atoms with Crippen LogP contribution in [0.25, 0.3) is 0 Å². The van der Waals surface area contributed by atoms with E-state index in [4.69, 9.17) is 16.3 Å². The average molecular weight is 319 g/mol. The number of carbonyl (C=O) groups is 2. The van der Waals surface area contributed by atoms with Gasteiger partial charge in [-0.25, -0.2) is 4.79 Å². The third-order valence-corrected chi connectivity index (χ3v) is 3.00. The van der Waals surface area contributed by atoms with Gasteiger partial charge >= 0.3 is 6.09 Å². The smallest absolute Gasteiger partial charge is 0.411 e. The molecule has 2 aromatic rings. The van der Waals surface area contributed by atoms with Crippen molar-refractivity contribution in [1.82, 2.24) is 5.32 Å². The van der Waals surface area contributed by atoms with Crippen molar-refractivity contribution >= 4 is 29.3 Å². The molecular weight excluding hydrogens is 304 g/mol.